The number of carbonyl (C=O) groups excluding carboxylic acids is 1. The fourth-order valence-corrected chi connectivity index (χ4v) is 2.78. The van der Waals surface area contributed by atoms with Gasteiger partial charge >= 0.3 is 5.97 Å². The van der Waals surface area contributed by atoms with Crippen LogP contribution in [-0.2, 0) is 16.0 Å². The van der Waals surface area contributed by atoms with Crippen molar-refractivity contribution in [2.75, 3.05) is 26.2 Å². The molecule has 23 heavy (non-hydrogen) atoms. The van der Waals surface area contributed by atoms with E-state index >= 15 is 0 Å². The topological polar surface area (TPSA) is 69.6 Å². The fraction of sp³-hybridized carbons (Fsp3) is 0.500. The molecule has 0 aliphatic carbocycles. The van der Waals surface area contributed by atoms with Gasteiger partial charge in [-0.25, -0.2) is 0 Å². The molecule has 1 aromatic rings. The van der Waals surface area contributed by atoms with E-state index in [1.54, 1.807) is 0 Å². The van der Waals surface area contributed by atoms with Crippen LogP contribution in [0.4, 0.5) is 0 Å². The molecule has 2 rings (SSSR count). The zero-order valence-electron chi connectivity index (χ0n) is 12.8. The third kappa shape index (κ3) is 6.77. The summed E-state index contributed by atoms with van der Waals surface area (Å²) in [5.74, 6) is -1.18. The average Bonchev–Trinajstić information content (AvgIpc) is 2.49. The number of carbonyl (C=O) groups is 2. The van der Waals surface area contributed by atoms with Gasteiger partial charge < -0.3 is 10.4 Å². The molecule has 0 spiro atoms. The molecule has 1 saturated heterocycles. The molecule has 1 atom stereocenters. The van der Waals surface area contributed by atoms with Gasteiger partial charge in [0.25, 0.3) is 0 Å². The number of piperidine rings is 1. The van der Waals surface area contributed by atoms with Gasteiger partial charge in [0, 0.05) is 18.1 Å². The first-order valence-corrected chi connectivity index (χ1v) is 7.88. The molecular weight excluding hydrogens is 339 g/mol. The molecule has 1 unspecified atom stereocenters. The molecule has 1 aliphatic rings. The summed E-state index contributed by atoms with van der Waals surface area (Å²) in [6.07, 6.45) is 2.28. The van der Waals surface area contributed by atoms with Crippen molar-refractivity contribution >= 4 is 35.9 Å². The number of amides is 1. The standard InChI is InChI=1S/C16H21ClN2O3.ClH/c17-14-5-3-12(4-6-14)7-8-18-15(20)11-19-9-1-2-13(10-19)16(21)22;/h3-6,13H,1-2,7-11H2,(H,18,20)(H,21,22);1H. The van der Waals surface area contributed by atoms with Crippen LogP contribution in [0.2, 0.25) is 5.02 Å². The number of nitrogens with zero attached hydrogens (tertiary/aromatic N) is 1. The van der Waals surface area contributed by atoms with Crippen molar-refractivity contribution in [2.24, 2.45) is 5.92 Å². The summed E-state index contributed by atoms with van der Waals surface area (Å²) in [6, 6.07) is 7.55. The fourth-order valence-electron chi connectivity index (χ4n) is 2.66. The molecule has 0 aromatic heterocycles. The van der Waals surface area contributed by atoms with Gasteiger partial charge in [0.15, 0.2) is 0 Å². The first kappa shape index (κ1) is 19.7. The lowest BCUT2D eigenvalue weighted by Gasteiger charge is -2.29. The number of hydrogen-bond donors (Lipinski definition) is 2. The van der Waals surface area contributed by atoms with E-state index in [1.807, 2.05) is 29.2 Å². The second kappa shape index (κ2) is 9.75. The van der Waals surface area contributed by atoms with Crippen LogP contribution in [0.15, 0.2) is 24.3 Å². The Hall–Kier alpha value is -1.30. The van der Waals surface area contributed by atoms with Gasteiger partial charge in [0.2, 0.25) is 5.91 Å². The van der Waals surface area contributed by atoms with Crippen LogP contribution in [0.25, 0.3) is 0 Å². The molecule has 1 aliphatic heterocycles. The molecule has 0 radical (unpaired) electrons. The van der Waals surface area contributed by atoms with Gasteiger partial charge in [0.1, 0.15) is 0 Å². The quantitative estimate of drug-likeness (QED) is 0.815. The van der Waals surface area contributed by atoms with Crippen molar-refractivity contribution < 1.29 is 14.7 Å². The molecule has 7 heteroatoms. The Kier molecular flexibility index (Phi) is 8.37. The van der Waals surface area contributed by atoms with E-state index in [0.29, 0.717) is 24.5 Å². The molecule has 5 nitrogen and oxygen atoms in total. The lowest BCUT2D eigenvalue weighted by Crippen LogP contribution is -2.44. The first-order valence-electron chi connectivity index (χ1n) is 7.51. The van der Waals surface area contributed by atoms with E-state index in [9.17, 15) is 9.59 Å². The average molecular weight is 361 g/mol. The minimum Gasteiger partial charge on any atom is -0.481 e. The SMILES string of the molecule is Cl.O=C(CN1CCCC(C(=O)O)C1)NCCc1ccc(Cl)cc1. The van der Waals surface area contributed by atoms with Crippen LogP contribution in [0, 0.1) is 5.92 Å². The van der Waals surface area contributed by atoms with E-state index in [1.165, 1.54) is 0 Å². The van der Waals surface area contributed by atoms with Crippen LogP contribution < -0.4 is 5.32 Å². The Labute approximate surface area is 147 Å². The molecule has 128 valence electrons. The van der Waals surface area contributed by atoms with Gasteiger partial charge in [-0.05, 0) is 43.5 Å². The Balaban J connectivity index is 0.00000264. The minimum absolute atomic E-state index is 0. The lowest BCUT2D eigenvalue weighted by atomic mass is 9.98. The predicted octanol–water partition coefficient (Wildman–Crippen LogP) is 2.22. The number of halogens is 2. The lowest BCUT2D eigenvalue weighted by molar-refractivity contribution is -0.144. The highest BCUT2D eigenvalue weighted by Gasteiger charge is 2.26. The summed E-state index contributed by atoms with van der Waals surface area (Å²) in [6.45, 7) is 2.08. The molecule has 1 fully saturated rings. The maximum absolute atomic E-state index is 11.9. The molecule has 0 saturated carbocycles. The zero-order chi connectivity index (χ0) is 15.9. The second-order valence-corrected chi connectivity index (χ2v) is 6.08. The summed E-state index contributed by atoms with van der Waals surface area (Å²) in [7, 11) is 0. The Bertz CT molecular complexity index is 523. The van der Waals surface area contributed by atoms with Crippen LogP contribution >= 0.6 is 24.0 Å². The highest BCUT2D eigenvalue weighted by Crippen LogP contribution is 2.16. The Morgan fingerprint density at radius 3 is 2.65 bits per heavy atom. The maximum Gasteiger partial charge on any atom is 0.307 e. The molecule has 0 bridgehead atoms. The highest BCUT2D eigenvalue weighted by atomic mass is 35.5. The van der Waals surface area contributed by atoms with Gasteiger partial charge in [-0.3, -0.25) is 14.5 Å². The number of nitrogens with one attached hydrogen (secondary N) is 1. The number of likely N-dealkylation sites (tertiary alicyclic amines) is 1. The third-order valence-electron chi connectivity index (χ3n) is 3.87. The molecule has 1 heterocycles. The van der Waals surface area contributed by atoms with Gasteiger partial charge in [-0.2, -0.15) is 0 Å². The third-order valence-corrected chi connectivity index (χ3v) is 4.12. The van der Waals surface area contributed by atoms with Crippen LogP contribution in [0.1, 0.15) is 18.4 Å². The predicted molar refractivity (Wildman–Crippen MR) is 92.2 cm³/mol. The minimum atomic E-state index is -0.771. The number of rotatable bonds is 6. The van der Waals surface area contributed by atoms with E-state index in [4.69, 9.17) is 16.7 Å². The van der Waals surface area contributed by atoms with Crippen LogP contribution in [0.5, 0.6) is 0 Å². The van der Waals surface area contributed by atoms with E-state index in [-0.39, 0.29) is 30.8 Å². The van der Waals surface area contributed by atoms with E-state index in [2.05, 4.69) is 5.32 Å². The summed E-state index contributed by atoms with van der Waals surface area (Å²) in [5.41, 5.74) is 1.12. The largest absolute Gasteiger partial charge is 0.481 e. The highest BCUT2D eigenvalue weighted by molar-refractivity contribution is 6.30. The number of aliphatic carboxylic acids is 1. The van der Waals surface area contributed by atoms with Crippen molar-refractivity contribution in [3.8, 4) is 0 Å². The number of benzene rings is 1. The van der Waals surface area contributed by atoms with Crippen molar-refractivity contribution in [1.82, 2.24) is 10.2 Å². The summed E-state index contributed by atoms with van der Waals surface area (Å²) >= 11 is 5.82. The second-order valence-electron chi connectivity index (χ2n) is 5.64. The monoisotopic (exact) mass is 360 g/mol. The first-order chi connectivity index (χ1) is 10.5. The van der Waals surface area contributed by atoms with Crippen molar-refractivity contribution in [1.29, 1.82) is 0 Å². The van der Waals surface area contributed by atoms with Gasteiger partial charge in [-0.1, -0.05) is 23.7 Å². The van der Waals surface area contributed by atoms with Gasteiger partial charge in [0.05, 0.1) is 12.5 Å². The molecular formula is C16H22Cl2N2O3. The number of hydrogen-bond acceptors (Lipinski definition) is 3. The van der Waals surface area contributed by atoms with Crippen LogP contribution in [0.3, 0.4) is 0 Å². The maximum atomic E-state index is 11.9. The Morgan fingerprint density at radius 1 is 1.30 bits per heavy atom. The smallest absolute Gasteiger partial charge is 0.307 e. The number of carboxylic acid groups (broad SMARTS) is 1. The van der Waals surface area contributed by atoms with E-state index in [0.717, 1.165) is 24.9 Å². The summed E-state index contributed by atoms with van der Waals surface area (Å²) < 4.78 is 0. The van der Waals surface area contributed by atoms with Gasteiger partial charge in [-0.15, -0.1) is 12.4 Å². The zero-order valence-corrected chi connectivity index (χ0v) is 14.4. The van der Waals surface area contributed by atoms with Crippen molar-refractivity contribution in [3.05, 3.63) is 34.9 Å². The van der Waals surface area contributed by atoms with Crippen LogP contribution in [-0.4, -0.2) is 48.1 Å². The molecule has 1 amide bonds. The molecule has 1 aromatic carbocycles. The normalized spacial score (nSPS) is 18.0. The number of carboxylic acids is 1. The van der Waals surface area contributed by atoms with Crippen molar-refractivity contribution in [2.45, 2.75) is 19.3 Å². The summed E-state index contributed by atoms with van der Waals surface area (Å²) in [4.78, 5) is 24.8. The summed E-state index contributed by atoms with van der Waals surface area (Å²) in [5, 5.41) is 12.6. The Morgan fingerprint density at radius 2 is 2.00 bits per heavy atom. The molecule has 2 N–H and O–H groups in total. The van der Waals surface area contributed by atoms with Crippen molar-refractivity contribution in [3.63, 3.8) is 0 Å². The van der Waals surface area contributed by atoms with E-state index < -0.39 is 5.97 Å².